The third kappa shape index (κ3) is 8.41. The van der Waals surface area contributed by atoms with E-state index in [0.29, 0.717) is 0 Å². The largest absolute Gasteiger partial charge is 0.498 e. The topological polar surface area (TPSA) is 12.5 Å². The molecule has 2 aliphatic rings. The number of allylic oxidation sites excluding steroid dienone is 10. The van der Waals surface area contributed by atoms with Gasteiger partial charge >= 0.3 is 0 Å². The van der Waals surface area contributed by atoms with Gasteiger partial charge in [-0.2, -0.15) is 0 Å². The lowest BCUT2D eigenvalue weighted by atomic mass is 10.00. The summed E-state index contributed by atoms with van der Waals surface area (Å²) in [5.74, 6) is 1.97. The third-order valence-corrected chi connectivity index (χ3v) is 5.66. The van der Waals surface area contributed by atoms with Crippen LogP contribution in [0.1, 0.15) is 65.7 Å². The fourth-order valence-corrected chi connectivity index (χ4v) is 4.26. The van der Waals surface area contributed by atoms with Crippen LogP contribution in [0.4, 0.5) is 0 Å². The highest BCUT2D eigenvalue weighted by molar-refractivity contribution is 6.31. The summed E-state index contributed by atoms with van der Waals surface area (Å²) >= 11 is 6.34. The molecule has 2 rings (SSSR count). The normalized spacial score (nSPS) is 22.8. The maximum absolute atomic E-state index is 6.34. The summed E-state index contributed by atoms with van der Waals surface area (Å²) in [6, 6.07) is 0. The summed E-state index contributed by atoms with van der Waals surface area (Å²) in [4.78, 5) is 2.60. The summed E-state index contributed by atoms with van der Waals surface area (Å²) in [7, 11) is 0. The van der Waals surface area contributed by atoms with Gasteiger partial charge in [-0.05, 0) is 81.2 Å². The Bertz CT molecular complexity index is 626. The minimum Gasteiger partial charge on any atom is -0.498 e. The van der Waals surface area contributed by atoms with E-state index in [0.717, 1.165) is 62.0 Å². The first-order chi connectivity index (χ1) is 13.6. The zero-order chi connectivity index (χ0) is 20.2. The second-order valence-electron chi connectivity index (χ2n) is 8.03. The summed E-state index contributed by atoms with van der Waals surface area (Å²) in [5.41, 5.74) is 2.54. The molecule has 1 heterocycles. The Hall–Kier alpha value is -1.25. The molecule has 28 heavy (non-hydrogen) atoms. The first-order valence-corrected chi connectivity index (χ1v) is 11.5. The molecule has 0 amide bonds. The number of nitrogens with zero attached hydrogens (tertiary/aromatic N) is 1. The van der Waals surface area contributed by atoms with Gasteiger partial charge in [-0.15, -0.1) is 0 Å². The van der Waals surface area contributed by atoms with Gasteiger partial charge < -0.3 is 9.64 Å². The van der Waals surface area contributed by atoms with E-state index in [1.165, 1.54) is 37.1 Å². The molecule has 1 atom stereocenters. The molecule has 3 heteroatoms. The second kappa shape index (κ2) is 13.1. The SMILES string of the molecule is C\C=C/C(=C\C(Cl)=C\CC)C1=CC=C(OCCCN2CCC[C@H](C)C2)CCC1. The molecule has 1 saturated heterocycles. The van der Waals surface area contributed by atoms with E-state index in [2.05, 4.69) is 62.1 Å². The van der Waals surface area contributed by atoms with Gasteiger partial charge in [0.2, 0.25) is 0 Å². The van der Waals surface area contributed by atoms with Crippen molar-refractivity contribution in [2.24, 2.45) is 5.92 Å². The van der Waals surface area contributed by atoms with Crippen LogP contribution < -0.4 is 0 Å². The smallest absolute Gasteiger partial charge is 0.0959 e. The van der Waals surface area contributed by atoms with Crippen molar-refractivity contribution >= 4 is 11.6 Å². The quantitative estimate of drug-likeness (QED) is 0.299. The van der Waals surface area contributed by atoms with E-state index in [1.807, 2.05) is 0 Å². The van der Waals surface area contributed by atoms with Crippen molar-refractivity contribution in [3.05, 3.63) is 58.4 Å². The highest BCUT2D eigenvalue weighted by atomic mass is 35.5. The summed E-state index contributed by atoms with van der Waals surface area (Å²) < 4.78 is 6.10. The van der Waals surface area contributed by atoms with Gasteiger partial charge in [-0.1, -0.05) is 49.8 Å². The zero-order valence-electron chi connectivity index (χ0n) is 18.1. The molecule has 0 bridgehead atoms. The Kier molecular flexibility index (Phi) is 10.7. The molecule has 0 N–H and O–H groups in total. The second-order valence-corrected chi connectivity index (χ2v) is 8.46. The highest BCUT2D eigenvalue weighted by Gasteiger charge is 2.15. The van der Waals surface area contributed by atoms with Crippen molar-refractivity contribution in [1.29, 1.82) is 0 Å². The zero-order valence-corrected chi connectivity index (χ0v) is 18.8. The van der Waals surface area contributed by atoms with Gasteiger partial charge in [0.25, 0.3) is 0 Å². The van der Waals surface area contributed by atoms with Crippen molar-refractivity contribution in [3.63, 3.8) is 0 Å². The monoisotopic (exact) mass is 403 g/mol. The van der Waals surface area contributed by atoms with Crippen molar-refractivity contribution in [2.75, 3.05) is 26.2 Å². The van der Waals surface area contributed by atoms with Crippen molar-refractivity contribution < 1.29 is 4.74 Å². The maximum Gasteiger partial charge on any atom is 0.0959 e. The molecule has 156 valence electrons. The van der Waals surface area contributed by atoms with Crippen molar-refractivity contribution in [1.82, 2.24) is 4.90 Å². The summed E-state index contributed by atoms with van der Waals surface area (Å²) in [6.07, 6.45) is 20.7. The molecule has 1 fully saturated rings. The Morgan fingerprint density at radius 3 is 2.89 bits per heavy atom. The highest BCUT2D eigenvalue weighted by Crippen LogP contribution is 2.26. The molecule has 0 aromatic heterocycles. The Morgan fingerprint density at radius 1 is 1.29 bits per heavy atom. The van der Waals surface area contributed by atoms with Crippen LogP contribution >= 0.6 is 11.6 Å². The van der Waals surface area contributed by atoms with Crippen LogP contribution in [0, 0.1) is 5.92 Å². The Morgan fingerprint density at radius 2 is 2.14 bits per heavy atom. The van der Waals surface area contributed by atoms with Crippen LogP contribution in [0.25, 0.3) is 0 Å². The first-order valence-electron chi connectivity index (χ1n) is 11.1. The molecule has 2 nitrogen and oxygen atoms in total. The van der Waals surface area contributed by atoms with Crippen LogP contribution in [-0.2, 0) is 4.74 Å². The van der Waals surface area contributed by atoms with E-state index in [9.17, 15) is 0 Å². The standard InChI is InChI=1S/C25H38ClNO/c1-4-9-23(19-24(26)10-5-2)22-12-6-13-25(15-14-22)28-18-8-17-27-16-7-11-21(3)20-27/h4,9-10,14-15,19,21H,5-8,11-13,16-18,20H2,1-3H3/b9-4-,23-19+,24-10-/t21-/m0/s1. The average molecular weight is 404 g/mol. The van der Waals surface area contributed by atoms with Crippen molar-refractivity contribution in [2.45, 2.75) is 65.7 Å². The van der Waals surface area contributed by atoms with E-state index in [-0.39, 0.29) is 0 Å². The molecule has 0 aromatic carbocycles. The Labute approximate surface area is 177 Å². The molecule has 0 radical (unpaired) electrons. The lowest BCUT2D eigenvalue weighted by Crippen LogP contribution is -2.35. The van der Waals surface area contributed by atoms with E-state index in [4.69, 9.17) is 16.3 Å². The minimum absolute atomic E-state index is 0.813. The number of hydrogen-bond donors (Lipinski definition) is 0. The molecular formula is C25H38ClNO. The lowest BCUT2D eigenvalue weighted by Gasteiger charge is -2.30. The Balaban J connectivity index is 1.88. The number of halogens is 1. The molecule has 1 aliphatic heterocycles. The van der Waals surface area contributed by atoms with Crippen molar-refractivity contribution in [3.8, 4) is 0 Å². The lowest BCUT2D eigenvalue weighted by molar-refractivity contribution is 0.147. The summed E-state index contributed by atoms with van der Waals surface area (Å²) in [5, 5.41) is 0.813. The van der Waals surface area contributed by atoms with Crippen LogP contribution in [0.15, 0.2) is 58.4 Å². The van der Waals surface area contributed by atoms with Gasteiger partial charge in [0.15, 0.2) is 0 Å². The number of rotatable bonds is 9. The fraction of sp³-hybridized carbons (Fsp3) is 0.600. The van der Waals surface area contributed by atoms with Gasteiger partial charge in [-0.3, -0.25) is 0 Å². The molecule has 0 spiro atoms. The maximum atomic E-state index is 6.34. The average Bonchev–Trinajstić information content (AvgIpc) is 2.91. The van der Waals surface area contributed by atoms with Crippen LogP contribution in [0.3, 0.4) is 0 Å². The molecular weight excluding hydrogens is 366 g/mol. The van der Waals surface area contributed by atoms with Gasteiger partial charge in [0.1, 0.15) is 0 Å². The van der Waals surface area contributed by atoms with Crippen LogP contribution in [0.2, 0.25) is 0 Å². The molecule has 0 saturated carbocycles. The molecule has 0 aromatic rings. The van der Waals surface area contributed by atoms with E-state index in [1.54, 1.807) is 0 Å². The van der Waals surface area contributed by atoms with Crippen LogP contribution in [0.5, 0.6) is 0 Å². The van der Waals surface area contributed by atoms with Crippen LogP contribution in [-0.4, -0.2) is 31.1 Å². The number of likely N-dealkylation sites (tertiary alicyclic amines) is 1. The molecule has 0 unspecified atom stereocenters. The fourth-order valence-electron chi connectivity index (χ4n) is 3.99. The summed E-state index contributed by atoms with van der Waals surface area (Å²) in [6.45, 7) is 11.0. The predicted molar refractivity (Wildman–Crippen MR) is 123 cm³/mol. The van der Waals surface area contributed by atoms with Gasteiger partial charge in [-0.25, -0.2) is 0 Å². The third-order valence-electron chi connectivity index (χ3n) is 5.40. The minimum atomic E-state index is 0.813. The molecule has 1 aliphatic carbocycles. The first kappa shape index (κ1) is 23.0. The number of piperidine rings is 1. The number of hydrogen-bond acceptors (Lipinski definition) is 2. The van der Waals surface area contributed by atoms with E-state index >= 15 is 0 Å². The van der Waals surface area contributed by atoms with Gasteiger partial charge in [0.05, 0.1) is 12.4 Å². The van der Waals surface area contributed by atoms with E-state index < -0.39 is 0 Å². The predicted octanol–water partition coefficient (Wildman–Crippen LogP) is 7.15. The number of ether oxygens (including phenoxy) is 1. The van der Waals surface area contributed by atoms with Gasteiger partial charge in [0, 0.05) is 24.5 Å².